The topological polar surface area (TPSA) is 26.3 Å². The lowest BCUT2D eigenvalue weighted by molar-refractivity contribution is -0.107. The Labute approximate surface area is 226 Å². The summed E-state index contributed by atoms with van der Waals surface area (Å²) in [6.07, 6.45) is 23.2. The lowest BCUT2D eigenvalue weighted by Crippen LogP contribution is -2.41. The largest absolute Gasteiger partial charge is 0.413 e. The fourth-order valence-electron chi connectivity index (χ4n) is 3.57. The van der Waals surface area contributed by atoms with Crippen molar-refractivity contribution < 1.29 is 9.22 Å². The maximum absolute atomic E-state index is 10.9. The van der Waals surface area contributed by atoms with Crippen LogP contribution in [0.4, 0.5) is 0 Å². The second-order valence-corrected chi connectivity index (χ2v) is 17.1. The highest BCUT2D eigenvalue weighted by Gasteiger charge is 2.37. The van der Waals surface area contributed by atoms with Gasteiger partial charge in [0.1, 0.15) is 6.29 Å². The Hall–Kier alpha value is -1.45. The molecule has 0 aliphatic heterocycles. The highest BCUT2D eigenvalue weighted by atomic mass is 28.4. The fraction of sp³-hybridized carbons (Fsp3) is 0.667. The molecular formula is C33H58O2Si. The summed E-state index contributed by atoms with van der Waals surface area (Å²) in [5.74, 6) is 0. The summed E-state index contributed by atoms with van der Waals surface area (Å²) in [6.45, 7) is 23.2. The van der Waals surface area contributed by atoms with Gasteiger partial charge < -0.3 is 9.22 Å². The number of carbonyl (C=O) groups is 1. The molecular weight excluding hydrogens is 456 g/mol. The van der Waals surface area contributed by atoms with Gasteiger partial charge in [-0.15, -0.1) is 0 Å². The summed E-state index contributed by atoms with van der Waals surface area (Å²) in [6, 6.07) is 0. The van der Waals surface area contributed by atoms with E-state index >= 15 is 0 Å². The maximum atomic E-state index is 10.9. The molecule has 36 heavy (non-hydrogen) atoms. The van der Waals surface area contributed by atoms with Crippen molar-refractivity contribution in [1.29, 1.82) is 0 Å². The van der Waals surface area contributed by atoms with E-state index in [-0.39, 0.29) is 5.04 Å². The Kier molecular flexibility index (Phi) is 18.0. The van der Waals surface area contributed by atoms with Crippen LogP contribution in [0.1, 0.15) is 120 Å². The van der Waals surface area contributed by atoms with Crippen molar-refractivity contribution in [1.82, 2.24) is 0 Å². The molecule has 0 aromatic heterocycles. The molecule has 0 spiro atoms. The van der Waals surface area contributed by atoms with Crippen molar-refractivity contribution in [3.8, 4) is 0 Å². The van der Waals surface area contributed by atoms with Crippen LogP contribution in [-0.2, 0) is 9.22 Å². The van der Waals surface area contributed by atoms with E-state index in [9.17, 15) is 4.79 Å². The summed E-state index contributed by atoms with van der Waals surface area (Å²) in [5, 5.41) is 0.204. The third kappa shape index (κ3) is 17.9. The summed E-state index contributed by atoms with van der Waals surface area (Å²) in [7, 11) is -1.77. The van der Waals surface area contributed by atoms with Crippen molar-refractivity contribution in [3.63, 3.8) is 0 Å². The van der Waals surface area contributed by atoms with Crippen LogP contribution in [0.3, 0.4) is 0 Å². The van der Waals surface area contributed by atoms with Crippen LogP contribution in [-0.4, -0.2) is 21.2 Å². The highest BCUT2D eigenvalue weighted by molar-refractivity contribution is 6.74. The van der Waals surface area contributed by atoms with Crippen LogP contribution in [0, 0.1) is 0 Å². The Balaban J connectivity index is 4.50. The summed E-state index contributed by atoms with van der Waals surface area (Å²) in [5.41, 5.74) is 7.15. The van der Waals surface area contributed by atoms with E-state index < -0.39 is 8.32 Å². The molecule has 2 nitrogen and oxygen atoms in total. The molecule has 0 rings (SSSR count). The Morgan fingerprint density at radius 2 is 1.08 bits per heavy atom. The minimum Gasteiger partial charge on any atom is -0.413 e. The van der Waals surface area contributed by atoms with Gasteiger partial charge in [-0.2, -0.15) is 0 Å². The van der Waals surface area contributed by atoms with E-state index in [4.69, 9.17) is 4.43 Å². The molecule has 0 amide bonds. The molecule has 0 bridgehead atoms. The molecule has 0 unspecified atom stereocenters. The molecule has 0 atom stereocenters. The number of aldehydes is 1. The van der Waals surface area contributed by atoms with Gasteiger partial charge >= 0.3 is 0 Å². The first-order valence-electron chi connectivity index (χ1n) is 14.1. The Bertz CT molecular complexity index is 781. The number of carbonyl (C=O) groups excluding carboxylic acids is 1. The van der Waals surface area contributed by atoms with Crippen LogP contribution in [0.2, 0.25) is 18.1 Å². The lowest BCUT2D eigenvalue weighted by Gasteiger charge is -2.36. The zero-order chi connectivity index (χ0) is 27.6. The van der Waals surface area contributed by atoms with Gasteiger partial charge in [0.25, 0.3) is 0 Å². The smallest absolute Gasteiger partial charge is 0.192 e. The van der Waals surface area contributed by atoms with Crippen LogP contribution in [0.5, 0.6) is 0 Å². The monoisotopic (exact) mass is 514 g/mol. The molecule has 0 aliphatic carbocycles. The van der Waals surface area contributed by atoms with E-state index in [0.717, 1.165) is 57.7 Å². The molecule has 3 heteroatoms. The normalized spacial score (nSPS) is 14.3. The number of rotatable bonds is 18. The van der Waals surface area contributed by atoms with Crippen LogP contribution >= 0.6 is 0 Å². The van der Waals surface area contributed by atoms with E-state index in [2.05, 4.69) is 98.9 Å². The Morgan fingerprint density at radius 3 is 1.53 bits per heavy atom. The fourth-order valence-corrected chi connectivity index (χ4v) is 4.55. The molecule has 0 radical (unpaired) electrons. The van der Waals surface area contributed by atoms with Gasteiger partial charge in [-0.1, -0.05) is 73.4 Å². The SMILES string of the molecule is CC(C)=CCC/C(C)=C/CC/C(C)=C/CC/C=C(\C)CC/C=C(\CCC=O)CO[Si](C)(C)C(C)(C)C. The third-order valence-corrected chi connectivity index (χ3v) is 11.7. The first kappa shape index (κ1) is 34.5. The zero-order valence-electron chi connectivity index (χ0n) is 25.6. The number of hydrogen-bond donors (Lipinski definition) is 0. The van der Waals surface area contributed by atoms with E-state index in [1.54, 1.807) is 0 Å². The van der Waals surface area contributed by atoms with Crippen molar-refractivity contribution in [2.24, 2.45) is 0 Å². The molecule has 206 valence electrons. The van der Waals surface area contributed by atoms with E-state index in [1.165, 1.54) is 34.3 Å². The van der Waals surface area contributed by atoms with E-state index in [1.807, 2.05) is 0 Å². The molecule has 0 heterocycles. The summed E-state index contributed by atoms with van der Waals surface area (Å²) in [4.78, 5) is 10.9. The number of allylic oxidation sites excluding steroid dienone is 9. The maximum Gasteiger partial charge on any atom is 0.192 e. The molecule has 0 aliphatic rings. The second kappa shape index (κ2) is 18.7. The quantitative estimate of drug-likeness (QED) is 0.0786. The number of unbranched alkanes of at least 4 members (excludes halogenated alkanes) is 1. The number of hydrogen-bond acceptors (Lipinski definition) is 2. The first-order chi connectivity index (χ1) is 16.8. The van der Waals surface area contributed by atoms with E-state index in [0.29, 0.717) is 13.0 Å². The highest BCUT2D eigenvalue weighted by Crippen LogP contribution is 2.37. The summed E-state index contributed by atoms with van der Waals surface area (Å²) < 4.78 is 6.41. The molecule has 0 fully saturated rings. The average molecular weight is 515 g/mol. The van der Waals surface area contributed by atoms with Gasteiger partial charge in [-0.3, -0.25) is 0 Å². The molecule has 0 saturated carbocycles. The summed E-state index contributed by atoms with van der Waals surface area (Å²) >= 11 is 0. The van der Waals surface area contributed by atoms with Crippen molar-refractivity contribution in [2.75, 3.05) is 6.61 Å². The zero-order valence-corrected chi connectivity index (χ0v) is 26.6. The predicted octanol–water partition coefficient (Wildman–Crippen LogP) is 10.8. The van der Waals surface area contributed by atoms with Crippen molar-refractivity contribution in [3.05, 3.63) is 58.2 Å². The molecule has 0 saturated heterocycles. The van der Waals surface area contributed by atoms with Gasteiger partial charge in [0, 0.05) is 6.42 Å². The lowest BCUT2D eigenvalue weighted by atomic mass is 10.0. The molecule has 0 aromatic rings. The predicted molar refractivity (Wildman–Crippen MR) is 164 cm³/mol. The van der Waals surface area contributed by atoms with Gasteiger partial charge in [0.2, 0.25) is 0 Å². The van der Waals surface area contributed by atoms with Crippen LogP contribution in [0.25, 0.3) is 0 Å². The molecule has 0 aromatic carbocycles. The van der Waals surface area contributed by atoms with Crippen LogP contribution in [0.15, 0.2) is 58.2 Å². The van der Waals surface area contributed by atoms with Crippen molar-refractivity contribution >= 4 is 14.6 Å². The minimum atomic E-state index is -1.77. The Morgan fingerprint density at radius 1 is 0.639 bits per heavy atom. The van der Waals surface area contributed by atoms with Crippen LogP contribution < -0.4 is 0 Å². The van der Waals surface area contributed by atoms with Crippen molar-refractivity contribution in [2.45, 2.75) is 138 Å². The molecule has 0 N–H and O–H groups in total. The van der Waals surface area contributed by atoms with Gasteiger partial charge in [0.05, 0.1) is 6.61 Å². The average Bonchev–Trinajstić information content (AvgIpc) is 2.77. The minimum absolute atomic E-state index is 0.204. The second-order valence-electron chi connectivity index (χ2n) is 12.2. The van der Waals surface area contributed by atoms with Gasteiger partial charge in [0.15, 0.2) is 8.32 Å². The first-order valence-corrected chi connectivity index (χ1v) is 17.0. The standard InChI is InChI=1S/C33H58O2Si/c1-28(2)17-13-20-31(5)22-14-21-29(3)18-11-12-19-30(4)23-15-24-32(25-16-26-34)27-35-36(9,10)33(6,7)8/h17-19,22,24,26H,11-16,20-21,23,25,27H2,1-10H3/b29-18+,30-19+,31-22+,32-24+. The third-order valence-electron chi connectivity index (χ3n) is 7.25. The van der Waals surface area contributed by atoms with Gasteiger partial charge in [-0.25, -0.2) is 0 Å². The van der Waals surface area contributed by atoms with Gasteiger partial charge in [-0.05, 0) is 116 Å².